The summed E-state index contributed by atoms with van der Waals surface area (Å²) in [7, 11) is 8.67. The average molecular weight is 433 g/mol. The van der Waals surface area contributed by atoms with Crippen LogP contribution in [0, 0.1) is 0 Å². The molecule has 0 radical (unpaired) electrons. The molecular formula is C23H38N5O3+. The van der Waals surface area contributed by atoms with Crippen molar-refractivity contribution in [3.8, 4) is 0 Å². The summed E-state index contributed by atoms with van der Waals surface area (Å²) < 4.78 is 0.871. The van der Waals surface area contributed by atoms with Crippen molar-refractivity contribution in [1.29, 1.82) is 0 Å². The van der Waals surface area contributed by atoms with Crippen LogP contribution in [0.15, 0.2) is 34.5 Å². The van der Waals surface area contributed by atoms with E-state index in [0.717, 1.165) is 34.2 Å². The highest BCUT2D eigenvalue weighted by Gasteiger charge is 2.44. The van der Waals surface area contributed by atoms with Gasteiger partial charge in [0.15, 0.2) is 0 Å². The monoisotopic (exact) mass is 432 g/mol. The van der Waals surface area contributed by atoms with E-state index in [2.05, 4.69) is 66.0 Å². The topological polar surface area (TPSA) is 74.6 Å². The van der Waals surface area contributed by atoms with E-state index < -0.39 is 12.1 Å². The molecule has 0 saturated carbocycles. The molecular weight excluding hydrogens is 394 g/mol. The summed E-state index contributed by atoms with van der Waals surface area (Å²) in [5.74, 6) is 0. The van der Waals surface area contributed by atoms with E-state index in [9.17, 15) is 9.59 Å². The SMILES string of the molecule is CCC(C)(CC(C)(CC)[N+](C)(C)C)ON(C)C(C)c1ccc(N2C(=O)N=NC2=O)cc1. The normalized spacial score (nSPS) is 19.6. The fourth-order valence-corrected chi connectivity index (χ4v) is 3.88. The number of benzene rings is 1. The predicted molar refractivity (Wildman–Crippen MR) is 122 cm³/mol. The maximum atomic E-state index is 11.7. The van der Waals surface area contributed by atoms with Gasteiger partial charge in [-0.05, 0) is 51.3 Å². The third kappa shape index (κ3) is 5.37. The number of hydrogen-bond donors (Lipinski definition) is 0. The van der Waals surface area contributed by atoms with Crippen LogP contribution >= 0.6 is 0 Å². The van der Waals surface area contributed by atoms with Crippen LogP contribution in [0.25, 0.3) is 0 Å². The fourth-order valence-electron chi connectivity index (χ4n) is 3.88. The zero-order valence-electron chi connectivity index (χ0n) is 20.5. The van der Waals surface area contributed by atoms with E-state index in [1.165, 1.54) is 0 Å². The molecule has 1 aromatic rings. The second-order valence-corrected chi connectivity index (χ2v) is 9.85. The molecule has 31 heavy (non-hydrogen) atoms. The van der Waals surface area contributed by atoms with Gasteiger partial charge in [0.05, 0.1) is 44.0 Å². The summed E-state index contributed by atoms with van der Waals surface area (Å²) in [5, 5.41) is 8.50. The lowest BCUT2D eigenvalue weighted by molar-refractivity contribution is -0.923. The lowest BCUT2D eigenvalue weighted by atomic mass is 9.81. The number of hydrogen-bond acceptors (Lipinski definition) is 4. The van der Waals surface area contributed by atoms with E-state index in [-0.39, 0.29) is 17.2 Å². The van der Waals surface area contributed by atoms with Crippen LogP contribution in [0.1, 0.15) is 65.5 Å². The summed E-state index contributed by atoms with van der Waals surface area (Å²) in [4.78, 5) is 30.9. The first-order chi connectivity index (χ1) is 14.3. The number of quaternary nitrogens is 1. The molecule has 3 atom stereocenters. The van der Waals surface area contributed by atoms with Gasteiger partial charge in [0.1, 0.15) is 0 Å². The number of anilines is 1. The highest BCUT2D eigenvalue weighted by atomic mass is 16.7. The first-order valence-electron chi connectivity index (χ1n) is 10.9. The van der Waals surface area contributed by atoms with Crippen molar-refractivity contribution >= 4 is 17.7 Å². The molecule has 0 fully saturated rings. The van der Waals surface area contributed by atoms with Crippen LogP contribution < -0.4 is 4.90 Å². The van der Waals surface area contributed by atoms with Crippen LogP contribution in [0.2, 0.25) is 0 Å². The van der Waals surface area contributed by atoms with E-state index >= 15 is 0 Å². The van der Waals surface area contributed by atoms with E-state index in [1.54, 1.807) is 12.1 Å². The van der Waals surface area contributed by atoms with Gasteiger partial charge >= 0.3 is 12.1 Å². The smallest absolute Gasteiger partial charge is 0.326 e. The average Bonchev–Trinajstić information content (AvgIpc) is 3.04. The third-order valence-corrected chi connectivity index (χ3v) is 7.03. The highest BCUT2D eigenvalue weighted by Crippen LogP contribution is 2.37. The summed E-state index contributed by atoms with van der Waals surface area (Å²) in [6, 6.07) is 5.90. The number of nitrogens with zero attached hydrogens (tertiary/aromatic N) is 5. The van der Waals surface area contributed by atoms with Gasteiger partial charge in [0, 0.05) is 13.5 Å². The van der Waals surface area contributed by atoms with E-state index in [4.69, 9.17) is 4.84 Å². The molecule has 0 aliphatic carbocycles. The number of imide groups is 1. The van der Waals surface area contributed by atoms with Crippen molar-refractivity contribution in [2.75, 3.05) is 33.1 Å². The van der Waals surface area contributed by atoms with Crippen LogP contribution in [0.4, 0.5) is 15.3 Å². The molecule has 1 heterocycles. The molecule has 172 valence electrons. The molecule has 0 saturated heterocycles. The molecule has 1 aliphatic heterocycles. The Bertz CT molecular complexity index is 815. The van der Waals surface area contributed by atoms with Gasteiger partial charge in [-0.15, -0.1) is 0 Å². The van der Waals surface area contributed by atoms with Gasteiger partial charge in [-0.25, -0.2) is 14.5 Å². The standard InChI is InChI=1S/C23H38N5O3/c1-10-22(4,28(7,8)9)16-23(5,11-2)31-26(6)17(3)18-12-14-19(15-13-18)27-20(29)24-25-21(27)30/h12-15,17H,10-11,16H2,1-9H3/q+1. The molecule has 1 aliphatic rings. The number of hydroxylamine groups is 2. The Balaban J connectivity index is 2.13. The summed E-state index contributed by atoms with van der Waals surface area (Å²) >= 11 is 0. The molecule has 3 unspecified atom stereocenters. The molecule has 0 aromatic heterocycles. The number of rotatable bonds is 10. The minimum Gasteiger partial charge on any atom is -0.326 e. The molecule has 4 amide bonds. The Morgan fingerprint density at radius 2 is 1.55 bits per heavy atom. The molecule has 8 nitrogen and oxygen atoms in total. The van der Waals surface area contributed by atoms with Crippen molar-refractivity contribution in [3.63, 3.8) is 0 Å². The number of carbonyl (C=O) groups is 2. The minimum absolute atomic E-state index is 0.0173. The quantitative estimate of drug-likeness (QED) is 0.358. The predicted octanol–water partition coefficient (Wildman–Crippen LogP) is 5.56. The van der Waals surface area contributed by atoms with Gasteiger partial charge in [-0.2, -0.15) is 5.06 Å². The number of amides is 4. The number of urea groups is 2. The van der Waals surface area contributed by atoms with Gasteiger partial charge in [-0.1, -0.05) is 36.2 Å². The molecule has 1 aromatic carbocycles. The third-order valence-electron chi connectivity index (χ3n) is 7.03. The second kappa shape index (κ2) is 9.14. The molecule has 8 heteroatoms. The minimum atomic E-state index is -0.666. The lowest BCUT2D eigenvalue weighted by Gasteiger charge is -2.48. The molecule has 0 N–H and O–H groups in total. The van der Waals surface area contributed by atoms with Gasteiger partial charge in [0.25, 0.3) is 0 Å². The summed E-state index contributed by atoms with van der Waals surface area (Å²) in [5.41, 5.74) is 1.25. The Morgan fingerprint density at radius 1 is 1.03 bits per heavy atom. The fraction of sp³-hybridized carbons (Fsp3) is 0.652. The Morgan fingerprint density at radius 3 is 1.97 bits per heavy atom. The Hall–Kier alpha value is -2.16. The van der Waals surface area contributed by atoms with Crippen molar-refractivity contribution in [2.45, 2.75) is 71.1 Å². The van der Waals surface area contributed by atoms with Gasteiger partial charge < -0.3 is 4.48 Å². The van der Waals surface area contributed by atoms with E-state index in [0.29, 0.717) is 5.69 Å². The van der Waals surface area contributed by atoms with Crippen molar-refractivity contribution < 1.29 is 18.9 Å². The Kier molecular flexibility index (Phi) is 7.40. The molecule has 2 rings (SSSR count). The van der Waals surface area contributed by atoms with Gasteiger partial charge in [-0.3, -0.25) is 4.84 Å². The van der Waals surface area contributed by atoms with Crippen molar-refractivity contribution in [2.24, 2.45) is 10.2 Å². The molecule has 0 bridgehead atoms. The molecule has 0 spiro atoms. The maximum absolute atomic E-state index is 11.7. The summed E-state index contributed by atoms with van der Waals surface area (Å²) in [6.07, 6.45) is 2.88. The van der Waals surface area contributed by atoms with Crippen LogP contribution in [0.5, 0.6) is 0 Å². The largest absolute Gasteiger partial charge is 0.375 e. The zero-order valence-corrected chi connectivity index (χ0v) is 20.5. The first kappa shape index (κ1) is 25.1. The highest BCUT2D eigenvalue weighted by molar-refractivity contribution is 6.17. The van der Waals surface area contributed by atoms with Gasteiger partial charge in [0.2, 0.25) is 0 Å². The first-order valence-corrected chi connectivity index (χ1v) is 10.9. The van der Waals surface area contributed by atoms with Crippen LogP contribution in [-0.4, -0.2) is 60.9 Å². The number of azo groups is 1. The Labute approximate surface area is 186 Å². The maximum Gasteiger partial charge on any atom is 0.375 e. The van der Waals surface area contributed by atoms with Crippen LogP contribution in [-0.2, 0) is 4.84 Å². The van der Waals surface area contributed by atoms with Crippen LogP contribution in [0.3, 0.4) is 0 Å². The number of carbonyl (C=O) groups excluding carboxylic acids is 2. The van der Waals surface area contributed by atoms with Crippen molar-refractivity contribution in [1.82, 2.24) is 5.06 Å². The summed E-state index contributed by atoms with van der Waals surface area (Å²) in [6.45, 7) is 11.0. The van der Waals surface area contributed by atoms with Crippen molar-refractivity contribution in [3.05, 3.63) is 29.8 Å². The second-order valence-electron chi connectivity index (χ2n) is 9.85. The van der Waals surface area contributed by atoms with E-state index in [1.807, 2.05) is 24.2 Å². The zero-order chi connectivity index (χ0) is 23.6. The lowest BCUT2D eigenvalue weighted by Crippen LogP contribution is -2.58.